The standard InChI is InChI=1S/C41H60N2O4/c1-11-16-40(44)43-38(26-36-19-21-37(46-10)22-20-36)34(9)42-27-32(7)41(45)47-39(23-28(2)3)31(6)24-29(4)33(8)30(5)25-35-17-14-12-13-15-18-35/h11-14,16-22,28-30,32-33,38-39,42H,6,9,15,23-27H2,1-5,7-8,10H3,(H,43,44)/b16-11+/t29-,30?,32?,33?,38-,39?/m1/s1. The summed E-state index contributed by atoms with van der Waals surface area (Å²) < 4.78 is 11.4. The van der Waals surface area contributed by atoms with Crippen molar-refractivity contribution in [2.24, 2.45) is 29.6 Å². The number of allylic oxidation sites excluding steroid dienone is 7. The normalized spacial score (nSPS) is 16.7. The first kappa shape index (κ1) is 39.4. The first-order chi connectivity index (χ1) is 22.3. The van der Waals surface area contributed by atoms with Gasteiger partial charge in [0.25, 0.3) is 0 Å². The van der Waals surface area contributed by atoms with Gasteiger partial charge in [-0.1, -0.05) is 109 Å². The molecule has 0 aromatic heterocycles. The van der Waals surface area contributed by atoms with Crippen LogP contribution < -0.4 is 15.4 Å². The predicted molar refractivity (Wildman–Crippen MR) is 196 cm³/mol. The highest BCUT2D eigenvalue weighted by Gasteiger charge is 2.27. The molecule has 6 atom stereocenters. The molecule has 6 nitrogen and oxygen atoms in total. The van der Waals surface area contributed by atoms with Crippen LogP contribution in [-0.4, -0.2) is 37.7 Å². The molecule has 258 valence electrons. The number of amides is 1. The molecule has 47 heavy (non-hydrogen) atoms. The molecule has 0 aliphatic heterocycles. The van der Waals surface area contributed by atoms with E-state index in [-0.39, 0.29) is 24.0 Å². The zero-order valence-corrected chi connectivity index (χ0v) is 30.2. The number of hydrogen-bond donors (Lipinski definition) is 2. The van der Waals surface area contributed by atoms with E-state index >= 15 is 0 Å². The fourth-order valence-corrected chi connectivity index (χ4v) is 5.73. The van der Waals surface area contributed by atoms with Crippen molar-refractivity contribution in [1.82, 2.24) is 10.6 Å². The van der Waals surface area contributed by atoms with Crippen LogP contribution in [-0.2, 0) is 20.7 Å². The molecule has 0 heterocycles. The number of carbonyl (C=O) groups excluding carboxylic acids is 2. The Hall–Kier alpha value is -3.80. The molecule has 1 aliphatic carbocycles. The minimum Gasteiger partial charge on any atom is -0.497 e. The maximum atomic E-state index is 13.4. The van der Waals surface area contributed by atoms with Gasteiger partial charge in [0, 0.05) is 12.2 Å². The summed E-state index contributed by atoms with van der Waals surface area (Å²) >= 11 is 0. The fourth-order valence-electron chi connectivity index (χ4n) is 5.73. The van der Waals surface area contributed by atoms with Crippen molar-refractivity contribution in [3.05, 3.63) is 102 Å². The summed E-state index contributed by atoms with van der Waals surface area (Å²) in [4.78, 5) is 25.8. The van der Waals surface area contributed by atoms with Crippen molar-refractivity contribution in [2.75, 3.05) is 13.7 Å². The van der Waals surface area contributed by atoms with Gasteiger partial charge in [0.15, 0.2) is 0 Å². The fraction of sp³-hybridized carbons (Fsp3) is 0.512. The van der Waals surface area contributed by atoms with E-state index in [4.69, 9.17) is 9.47 Å². The van der Waals surface area contributed by atoms with Gasteiger partial charge in [-0.15, -0.1) is 0 Å². The van der Waals surface area contributed by atoms with Crippen molar-refractivity contribution in [1.29, 1.82) is 0 Å². The molecule has 2 rings (SSSR count). The van der Waals surface area contributed by atoms with Gasteiger partial charge in [-0.05, 0) is 92.0 Å². The number of nitrogens with one attached hydrogen (secondary N) is 2. The molecule has 4 unspecified atom stereocenters. The highest BCUT2D eigenvalue weighted by atomic mass is 16.5. The van der Waals surface area contributed by atoms with Gasteiger partial charge in [0.2, 0.25) is 5.91 Å². The van der Waals surface area contributed by atoms with E-state index in [1.165, 1.54) is 11.6 Å². The Balaban J connectivity index is 1.99. The maximum Gasteiger partial charge on any atom is 0.311 e. The van der Waals surface area contributed by atoms with Crippen LogP contribution in [0.3, 0.4) is 0 Å². The zero-order chi connectivity index (χ0) is 34.9. The topological polar surface area (TPSA) is 76.7 Å². The predicted octanol–water partition coefficient (Wildman–Crippen LogP) is 8.68. The Morgan fingerprint density at radius 3 is 2.32 bits per heavy atom. The van der Waals surface area contributed by atoms with E-state index < -0.39 is 5.92 Å². The van der Waals surface area contributed by atoms with Gasteiger partial charge >= 0.3 is 5.97 Å². The van der Waals surface area contributed by atoms with Crippen LogP contribution in [0.25, 0.3) is 0 Å². The molecule has 1 aliphatic rings. The van der Waals surface area contributed by atoms with Crippen molar-refractivity contribution in [2.45, 2.75) is 92.7 Å². The third-order valence-corrected chi connectivity index (χ3v) is 9.10. The lowest BCUT2D eigenvalue weighted by molar-refractivity contribution is -0.152. The van der Waals surface area contributed by atoms with E-state index in [2.05, 4.69) is 88.8 Å². The molecular formula is C41H60N2O4. The number of hydrogen-bond acceptors (Lipinski definition) is 5. The van der Waals surface area contributed by atoms with Crippen LogP contribution in [0.15, 0.2) is 96.8 Å². The quantitative estimate of drug-likeness (QED) is 0.0844. The lowest BCUT2D eigenvalue weighted by Gasteiger charge is -2.30. The first-order valence-electron chi connectivity index (χ1n) is 17.2. The Bertz CT molecular complexity index is 1290. The van der Waals surface area contributed by atoms with Crippen molar-refractivity contribution < 1.29 is 19.1 Å². The van der Waals surface area contributed by atoms with Crippen LogP contribution in [0.4, 0.5) is 0 Å². The Morgan fingerprint density at radius 2 is 1.68 bits per heavy atom. The second-order valence-electron chi connectivity index (χ2n) is 13.7. The molecule has 0 radical (unpaired) electrons. The van der Waals surface area contributed by atoms with Crippen molar-refractivity contribution >= 4 is 11.9 Å². The second kappa shape index (κ2) is 20.4. The third kappa shape index (κ3) is 14.2. The summed E-state index contributed by atoms with van der Waals surface area (Å²) in [6.45, 7) is 23.9. The van der Waals surface area contributed by atoms with Gasteiger partial charge in [-0.2, -0.15) is 0 Å². The number of carbonyl (C=O) groups is 2. The highest BCUT2D eigenvalue weighted by Crippen LogP contribution is 2.32. The van der Waals surface area contributed by atoms with E-state index in [0.717, 1.165) is 42.6 Å². The lowest BCUT2D eigenvalue weighted by atomic mass is 9.78. The molecule has 0 spiro atoms. The molecule has 0 fully saturated rings. The second-order valence-corrected chi connectivity index (χ2v) is 13.7. The summed E-state index contributed by atoms with van der Waals surface area (Å²) in [6, 6.07) is 7.35. The number of benzene rings is 1. The summed E-state index contributed by atoms with van der Waals surface area (Å²) in [7, 11) is 1.63. The average Bonchev–Trinajstić information content (AvgIpc) is 3.31. The smallest absolute Gasteiger partial charge is 0.311 e. The first-order valence-corrected chi connectivity index (χ1v) is 17.2. The molecule has 2 N–H and O–H groups in total. The number of esters is 1. The molecule has 1 aromatic carbocycles. The number of ether oxygens (including phenoxy) is 2. The summed E-state index contributed by atoms with van der Waals surface area (Å²) in [5.74, 6) is 1.64. The Kier molecular flexibility index (Phi) is 17.1. The van der Waals surface area contributed by atoms with E-state index in [9.17, 15) is 9.59 Å². The monoisotopic (exact) mass is 644 g/mol. The Morgan fingerprint density at radius 1 is 0.979 bits per heavy atom. The van der Waals surface area contributed by atoms with Crippen LogP contribution in [0.5, 0.6) is 5.75 Å². The van der Waals surface area contributed by atoms with Crippen LogP contribution in [0.2, 0.25) is 0 Å². The van der Waals surface area contributed by atoms with Gasteiger partial charge in [0.1, 0.15) is 11.9 Å². The largest absolute Gasteiger partial charge is 0.497 e. The molecule has 0 saturated heterocycles. The van der Waals surface area contributed by atoms with E-state index in [0.29, 0.717) is 42.3 Å². The van der Waals surface area contributed by atoms with Gasteiger partial charge < -0.3 is 20.1 Å². The lowest BCUT2D eigenvalue weighted by Crippen LogP contribution is -2.42. The molecule has 6 heteroatoms. The number of rotatable bonds is 20. The van der Waals surface area contributed by atoms with E-state index in [1.54, 1.807) is 20.1 Å². The van der Waals surface area contributed by atoms with Crippen molar-refractivity contribution in [3.63, 3.8) is 0 Å². The minimum absolute atomic E-state index is 0.204. The summed E-state index contributed by atoms with van der Waals surface area (Å²) in [5, 5.41) is 6.32. The van der Waals surface area contributed by atoms with Gasteiger partial charge in [-0.25, -0.2) is 0 Å². The molecule has 1 aromatic rings. The Labute approximate surface area is 285 Å². The van der Waals surface area contributed by atoms with Crippen molar-refractivity contribution in [3.8, 4) is 5.75 Å². The third-order valence-electron chi connectivity index (χ3n) is 9.10. The number of methoxy groups -OCH3 is 1. The maximum absolute atomic E-state index is 13.4. The van der Waals surface area contributed by atoms with Gasteiger partial charge in [-0.3, -0.25) is 9.59 Å². The van der Waals surface area contributed by atoms with Crippen LogP contribution >= 0.6 is 0 Å². The zero-order valence-electron chi connectivity index (χ0n) is 30.2. The minimum atomic E-state index is -0.422. The van der Waals surface area contributed by atoms with Gasteiger partial charge in [0.05, 0.1) is 19.1 Å². The van der Waals surface area contributed by atoms with E-state index in [1.807, 2.05) is 31.2 Å². The van der Waals surface area contributed by atoms with Crippen LogP contribution in [0.1, 0.15) is 79.7 Å². The summed E-state index contributed by atoms with van der Waals surface area (Å²) in [6.07, 6.45) is 17.9. The average molecular weight is 645 g/mol. The highest BCUT2D eigenvalue weighted by molar-refractivity contribution is 5.87. The molecule has 0 bridgehead atoms. The molecule has 1 amide bonds. The molecule has 0 saturated carbocycles. The van der Waals surface area contributed by atoms with Crippen LogP contribution in [0, 0.1) is 29.6 Å². The summed E-state index contributed by atoms with van der Waals surface area (Å²) in [5.41, 5.74) is 4.03. The SMILES string of the molecule is C=C(C[C@@H](C)C(C)C(C)CC1=CCC=CC=C1)C(CC(C)C)OC(=O)C(C)CNC(=C)[C@@H](Cc1ccc(OC)cc1)NC(=O)/C=C/C. The molecular weight excluding hydrogens is 584 g/mol.